The standard InChI is InChI=1S/C27H27BrN2O3/c1-3-4-15-32-22-12-7-19(8-13-22)27-30-25(23-16-20(28)9-14-26(23)33-27)17-24(29-30)18-5-10-21(31-2)11-6-18/h5-14,16,25,27H,3-4,15,17H2,1-2H3/t25-,27+/m1/s1. The van der Waals surface area contributed by atoms with E-state index in [2.05, 4.69) is 58.2 Å². The molecule has 0 saturated heterocycles. The average Bonchev–Trinajstić information content (AvgIpc) is 3.30. The number of halogens is 1. The van der Waals surface area contributed by atoms with Crippen molar-refractivity contribution in [3.63, 3.8) is 0 Å². The number of unbranched alkanes of at least 4 members (excludes halogenated alkanes) is 1. The number of hydrogen-bond acceptors (Lipinski definition) is 5. The number of benzene rings is 3. The predicted molar refractivity (Wildman–Crippen MR) is 133 cm³/mol. The van der Waals surface area contributed by atoms with Crippen LogP contribution in [0.4, 0.5) is 0 Å². The van der Waals surface area contributed by atoms with Crippen molar-refractivity contribution < 1.29 is 14.2 Å². The van der Waals surface area contributed by atoms with Crippen LogP contribution >= 0.6 is 15.9 Å². The highest BCUT2D eigenvalue weighted by Gasteiger charge is 2.41. The quantitative estimate of drug-likeness (QED) is 0.327. The van der Waals surface area contributed by atoms with Gasteiger partial charge in [0.1, 0.15) is 17.2 Å². The zero-order valence-corrected chi connectivity index (χ0v) is 20.4. The Labute approximate surface area is 203 Å². The fourth-order valence-electron chi connectivity index (χ4n) is 4.30. The first-order valence-electron chi connectivity index (χ1n) is 11.4. The van der Waals surface area contributed by atoms with E-state index in [9.17, 15) is 0 Å². The molecule has 2 aliphatic heterocycles. The fraction of sp³-hybridized carbons (Fsp3) is 0.296. The molecule has 6 heteroatoms. The number of hydrazone groups is 1. The second-order valence-corrected chi connectivity index (χ2v) is 9.21. The van der Waals surface area contributed by atoms with E-state index in [1.54, 1.807) is 7.11 Å². The van der Waals surface area contributed by atoms with Crippen LogP contribution in [-0.4, -0.2) is 24.4 Å². The zero-order valence-electron chi connectivity index (χ0n) is 18.8. The number of methoxy groups -OCH3 is 1. The summed E-state index contributed by atoms with van der Waals surface area (Å²) in [6, 6.07) is 22.6. The SMILES string of the molecule is CCCCOc1ccc([C@@H]2Oc3ccc(Br)cc3[C@H]3CC(c4ccc(OC)cc4)=NN32)cc1. The summed E-state index contributed by atoms with van der Waals surface area (Å²) in [5.41, 5.74) is 4.34. The summed E-state index contributed by atoms with van der Waals surface area (Å²) < 4.78 is 18.7. The van der Waals surface area contributed by atoms with Crippen molar-refractivity contribution in [1.82, 2.24) is 5.01 Å². The van der Waals surface area contributed by atoms with E-state index in [1.807, 2.05) is 36.4 Å². The number of ether oxygens (including phenoxy) is 3. The van der Waals surface area contributed by atoms with E-state index in [-0.39, 0.29) is 12.3 Å². The first kappa shape index (κ1) is 21.8. The third-order valence-electron chi connectivity index (χ3n) is 6.11. The summed E-state index contributed by atoms with van der Waals surface area (Å²) in [6.07, 6.45) is 2.68. The topological polar surface area (TPSA) is 43.3 Å². The van der Waals surface area contributed by atoms with E-state index in [0.717, 1.165) is 70.0 Å². The van der Waals surface area contributed by atoms with E-state index < -0.39 is 0 Å². The molecule has 2 heterocycles. The molecule has 5 nitrogen and oxygen atoms in total. The summed E-state index contributed by atoms with van der Waals surface area (Å²) in [7, 11) is 1.68. The summed E-state index contributed by atoms with van der Waals surface area (Å²) >= 11 is 3.62. The first-order chi connectivity index (χ1) is 16.2. The van der Waals surface area contributed by atoms with Gasteiger partial charge in [-0.05, 0) is 78.7 Å². The normalized spacial score (nSPS) is 18.8. The van der Waals surface area contributed by atoms with Gasteiger partial charge in [-0.15, -0.1) is 0 Å². The summed E-state index contributed by atoms with van der Waals surface area (Å²) in [4.78, 5) is 0. The molecule has 170 valence electrons. The van der Waals surface area contributed by atoms with Crippen LogP contribution < -0.4 is 14.2 Å². The maximum atomic E-state index is 6.48. The zero-order chi connectivity index (χ0) is 22.8. The Morgan fingerprint density at radius 3 is 2.52 bits per heavy atom. The average molecular weight is 507 g/mol. The van der Waals surface area contributed by atoms with E-state index in [1.165, 1.54) is 0 Å². The Bertz CT molecular complexity index is 1150. The van der Waals surface area contributed by atoms with Crippen LogP contribution in [0.3, 0.4) is 0 Å². The second kappa shape index (κ2) is 9.48. The van der Waals surface area contributed by atoms with Crippen molar-refractivity contribution in [3.05, 3.63) is 87.9 Å². The minimum atomic E-state index is -0.302. The molecule has 0 unspecified atom stereocenters. The molecule has 0 aliphatic carbocycles. The van der Waals surface area contributed by atoms with Gasteiger partial charge in [0.2, 0.25) is 6.23 Å². The second-order valence-electron chi connectivity index (χ2n) is 8.30. The molecule has 0 amide bonds. The molecule has 33 heavy (non-hydrogen) atoms. The highest BCUT2D eigenvalue weighted by atomic mass is 79.9. The number of fused-ring (bicyclic) bond motifs is 3. The fourth-order valence-corrected chi connectivity index (χ4v) is 4.68. The first-order valence-corrected chi connectivity index (χ1v) is 12.1. The molecule has 3 aromatic carbocycles. The van der Waals surface area contributed by atoms with Gasteiger partial charge in [0.25, 0.3) is 0 Å². The van der Waals surface area contributed by atoms with Crippen LogP contribution in [0.5, 0.6) is 17.2 Å². The molecule has 0 spiro atoms. The Balaban J connectivity index is 1.47. The highest BCUT2D eigenvalue weighted by molar-refractivity contribution is 9.10. The van der Waals surface area contributed by atoms with E-state index >= 15 is 0 Å². The van der Waals surface area contributed by atoms with Gasteiger partial charge >= 0.3 is 0 Å². The van der Waals surface area contributed by atoms with Crippen LogP contribution in [0, 0.1) is 0 Å². The summed E-state index contributed by atoms with van der Waals surface area (Å²) in [5, 5.41) is 7.14. The molecular weight excluding hydrogens is 480 g/mol. The Morgan fingerprint density at radius 2 is 1.79 bits per heavy atom. The molecule has 2 aliphatic rings. The molecule has 0 bridgehead atoms. The Kier molecular flexibility index (Phi) is 6.27. The van der Waals surface area contributed by atoms with Crippen molar-refractivity contribution in [1.29, 1.82) is 0 Å². The van der Waals surface area contributed by atoms with Crippen molar-refractivity contribution in [3.8, 4) is 17.2 Å². The van der Waals surface area contributed by atoms with Gasteiger partial charge in [-0.2, -0.15) is 5.10 Å². The monoisotopic (exact) mass is 506 g/mol. The third kappa shape index (κ3) is 4.44. The van der Waals surface area contributed by atoms with Gasteiger partial charge in [-0.1, -0.05) is 29.3 Å². The molecule has 5 rings (SSSR count). The lowest BCUT2D eigenvalue weighted by Crippen LogP contribution is -2.33. The van der Waals surface area contributed by atoms with Crippen LogP contribution in [0.15, 0.2) is 76.3 Å². The molecule has 0 N–H and O–H groups in total. The van der Waals surface area contributed by atoms with Gasteiger partial charge in [0.05, 0.1) is 25.5 Å². The van der Waals surface area contributed by atoms with E-state index in [0.29, 0.717) is 0 Å². The summed E-state index contributed by atoms with van der Waals surface area (Å²) in [6.45, 7) is 2.90. The van der Waals surface area contributed by atoms with Gasteiger partial charge in [-0.25, -0.2) is 5.01 Å². The maximum Gasteiger partial charge on any atom is 0.213 e. The highest BCUT2D eigenvalue weighted by Crippen LogP contribution is 2.48. The molecule has 3 aromatic rings. The van der Waals surface area contributed by atoms with Crippen LogP contribution in [0.2, 0.25) is 0 Å². The van der Waals surface area contributed by atoms with Gasteiger partial charge in [0, 0.05) is 22.0 Å². The van der Waals surface area contributed by atoms with Crippen molar-refractivity contribution in [2.75, 3.05) is 13.7 Å². The largest absolute Gasteiger partial charge is 0.497 e. The lowest BCUT2D eigenvalue weighted by molar-refractivity contribution is -0.0191. The van der Waals surface area contributed by atoms with Crippen LogP contribution in [0.25, 0.3) is 0 Å². The molecule has 0 fully saturated rings. The van der Waals surface area contributed by atoms with Gasteiger partial charge in [-0.3, -0.25) is 0 Å². The van der Waals surface area contributed by atoms with Gasteiger partial charge in [0.15, 0.2) is 0 Å². The smallest absolute Gasteiger partial charge is 0.213 e. The van der Waals surface area contributed by atoms with Crippen LogP contribution in [0.1, 0.15) is 55.1 Å². The molecular formula is C27H27BrN2O3. The number of nitrogens with zero attached hydrogens (tertiary/aromatic N) is 2. The third-order valence-corrected chi connectivity index (χ3v) is 6.60. The number of hydrogen-bond donors (Lipinski definition) is 0. The van der Waals surface area contributed by atoms with Crippen molar-refractivity contribution in [2.24, 2.45) is 5.10 Å². The molecule has 0 saturated carbocycles. The van der Waals surface area contributed by atoms with Crippen molar-refractivity contribution >= 4 is 21.6 Å². The summed E-state index contributed by atoms with van der Waals surface area (Å²) in [5.74, 6) is 2.62. The predicted octanol–water partition coefficient (Wildman–Crippen LogP) is 6.88. The van der Waals surface area contributed by atoms with Crippen molar-refractivity contribution in [2.45, 2.75) is 38.5 Å². The Hall–Kier alpha value is -2.99. The lowest BCUT2D eigenvalue weighted by Gasteiger charge is -2.38. The molecule has 0 radical (unpaired) electrons. The lowest BCUT2D eigenvalue weighted by atomic mass is 9.96. The maximum absolute atomic E-state index is 6.48. The van der Waals surface area contributed by atoms with Gasteiger partial charge < -0.3 is 14.2 Å². The minimum absolute atomic E-state index is 0.105. The van der Waals surface area contributed by atoms with E-state index in [4.69, 9.17) is 19.3 Å². The Morgan fingerprint density at radius 1 is 1.03 bits per heavy atom. The number of rotatable bonds is 7. The van der Waals surface area contributed by atoms with Crippen LogP contribution in [-0.2, 0) is 0 Å². The minimum Gasteiger partial charge on any atom is -0.497 e. The molecule has 0 aromatic heterocycles. The molecule has 2 atom stereocenters.